The average molecular weight is 635 g/mol. The Balaban J connectivity index is 1.25. The van der Waals surface area contributed by atoms with Gasteiger partial charge in [0.1, 0.15) is 5.52 Å². The van der Waals surface area contributed by atoms with Crippen molar-refractivity contribution in [1.29, 1.82) is 0 Å². The Labute approximate surface area is 282 Å². The number of fused-ring (bicyclic) bond motifs is 9. The van der Waals surface area contributed by atoms with Crippen LogP contribution in [0.3, 0.4) is 0 Å². The molecule has 0 bridgehead atoms. The number of anilines is 3. The van der Waals surface area contributed by atoms with Gasteiger partial charge < -0.3 is 9.32 Å². The molecule has 1 aliphatic rings. The second-order valence-electron chi connectivity index (χ2n) is 13.2. The van der Waals surface area contributed by atoms with Crippen molar-refractivity contribution < 1.29 is 4.42 Å². The smallest absolute Gasteiger partial charge is 0.227 e. The minimum atomic E-state index is -0.0649. The fourth-order valence-electron chi connectivity index (χ4n) is 7.76. The lowest BCUT2D eigenvalue weighted by molar-refractivity contribution is 0.623. The number of rotatable bonds is 4. The molecule has 0 amide bonds. The van der Waals surface area contributed by atoms with E-state index in [1.807, 2.05) is 41.7 Å². The van der Waals surface area contributed by atoms with E-state index >= 15 is 0 Å². The third kappa shape index (κ3) is 3.96. The molecular weight excluding hydrogens is 605 g/mol. The molecule has 10 rings (SSSR count). The molecule has 7 aromatic carbocycles. The Morgan fingerprint density at radius 3 is 2.27 bits per heavy atom. The van der Waals surface area contributed by atoms with Crippen LogP contribution in [-0.4, -0.2) is 4.98 Å². The van der Waals surface area contributed by atoms with Crippen molar-refractivity contribution in [3.05, 3.63) is 157 Å². The van der Waals surface area contributed by atoms with Crippen LogP contribution in [0.4, 0.5) is 17.1 Å². The van der Waals surface area contributed by atoms with E-state index in [-0.39, 0.29) is 5.41 Å². The standard InChI is InChI=1S/C44H30N2OS/c1-44(2)35-16-8-6-14-31(35)34-25-29(21-23-36(34)44)46(30-20-22-33-32-15-7-9-18-39(32)48-40(33)26-30)38-17-10-13-27-19-24-37-42(41(27)38)47-43(45-37)28-11-4-3-5-12-28/h3-26H,1-2H3. The molecule has 0 saturated heterocycles. The van der Waals surface area contributed by atoms with Gasteiger partial charge >= 0.3 is 0 Å². The van der Waals surface area contributed by atoms with Gasteiger partial charge in [-0.3, -0.25) is 0 Å². The Kier molecular flexibility index (Phi) is 5.79. The number of oxazole rings is 1. The van der Waals surface area contributed by atoms with Crippen molar-refractivity contribution in [2.75, 3.05) is 4.90 Å². The van der Waals surface area contributed by atoms with Crippen molar-refractivity contribution in [3.63, 3.8) is 0 Å². The van der Waals surface area contributed by atoms with Crippen molar-refractivity contribution in [2.45, 2.75) is 19.3 Å². The van der Waals surface area contributed by atoms with Gasteiger partial charge in [-0.15, -0.1) is 11.3 Å². The topological polar surface area (TPSA) is 29.3 Å². The van der Waals surface area contributed by atoms with E-state index in [1.54, 1.807) is 0 Å². The van der Waals surface area contributed by atoms with E-state index in [0.29, 0.717) is 5.89 Å². The number of hydrogen-bond donors (Lipinski definition) is 0. The predicted octanol–water partition coefficient (Wildman–Crippen LogP) is 12.8. The van der Waals surface area contributed by atoms with Gasteiger partial charge in [-0.2, -0.15) is 0 Å². The molecule has 0 saturated carbocycles. The van der Waals surface area contributed by atoms with E-state index in [9.17, 15) is 0 Å². The summed E-state index contributed by atoms with van der Waals surface area (Å²) < 4.78 is 9.22. The second-order valence-corrected chi connectivity index (χ2v) is 14.3. The van der Waals surface area contributed by atoms with Gasteiger partial charge in [0, 0.05) is 42.5 Å². The highest BCUT2D eigenvalue weighted by molar-refractivity contribution is 7.25. The van der Waals surface area contributed by atoms with Gasteiger partial charge in [-0.25, -0.2) is 4.98 Å². The zero-order chi connectivity index (χ0) is 32.0. The highest BCUT2D eigenvalue weighted by atomic mass is 32.1. The molecule has 0 atom stereocenters. The molecule has 228 valence electrons. The summed E-state index contributed by atoms with van der Waals surface area (Å²) in [6, 6.07) is 52.3. The summed E-state index contributed by atoms with van der Waals surface area (Å²) in [5, 5.41) is 4.74. The molecule has 0 aliphatic heterocycles. The van der Waals surface area contributed by atoms with E-state index in [0.717, 1.165) is 44.5 Å². The largest absolute Gasteiger partial charge is 0.435 e. The van der Waals surface area contributed by atoms with Crippen LogP contribution in [0.5, 0.6) is 0 Å². The monoisotopic (exact) mass is 634 g/mol. The highest BCUT2D eigenvalue weighted by Gasteiger charge is 2.35. The fourth-order valence-corrected chi connectivity index (χ4v) is 8.89. The van der Waals surface area contributed by atoms with Crippen LogP contribution in [0.2, 0.25) is 0 Å². The quantitative estimate of drug-likeness (QED) is 0.193. The molecule has 3 nitrogen and oxygen atoms in total. The van der Waals surface area contributed by atoms with Crippen LogP contribution in [-0.2, 0) is 5.41 Å². The van der Waals surface area contributed by atoms with Crippen molar-refractivity contribution in [1.82, 2.24) is 4.98 Å². The molecule has 1 aliphatic carbocycles. The van der Waals surface area contributed by atoms with Crippen LogP contribution in [0.1, 0.15) is 25.0 Å². The molecule has 0 radical (unpaired) electrons. The minimum Gasteiger partial charge on any atom is -0.435 e. The van der Waals surface area contributed by atoms with Gasteiger partial charge in [0.05, 0.1) is 11.1 Å². The first-order valence-electron chi connectivity index (χ1n) is 16.4. The predicted molar refractivity (Wildman–Crippen MR) is 202 cm³/mol. The van der Waals surface area contributed by atoms with Gasteiger partial charge in [-0.1, -0.05) is 105 Å². The highest BCUT2D eigenvalue weighted by Crippen LogP contribution is 2.51. The summed E-state index contributed by atoms with van der Waals surface area (Å²) in [6.07, 6.45) is 0. The first-order valence-corrected chi connectivity index (χ1v) is 17.2. The third-order valence-corrected chi connectivity index (χ3v) is 11.2. The van der Waals surface area contributed by atoms with E-state index in [4.69, 9.17) is 9.40 Å². The summed E-state index contributed by atoms with van der Waals surface area (Å²) in [4.78, 5) is 7.36. The normalized spacial score (nSPS) is 13.4. The molecule has 48 heavy (non-hydrogen) atoms. The molecule has 2 heterocycles. The number of aromatic nitrogens is 1. The van der Waals surface area contributed by atoms with Gasteiger partial charge in [-0.05, 0) is 82.2 Å². The van der Waals surface area contributed by atoms with Crippen LogP contribution < -0.4 is 4.90 Å². The lowest BCUT2D eigenvalue weighted by Gasteiger charge is -2.28. The third-order valence-electron chi connectivity index (χ3n) is 10.1. The van der Waals surface area contributed by atoms with Crippen LogP contribution in [0, 0.1) is 0 Å². The maximum atomic E-state index is 6.65. The molecule has 9 aromatic rings. The number of nitrogens with zero attached hydrogens (tertiary/aromatic N) is 2. The van der Waals surface area contributed by atoms with E-state index in [1.165, 1.54) is 42.4 Å². The SMILES string of the molecule is CC1(C)c2ccccc2-c2cc(N(c3ccc4c(c3)sc3ccccc34)c3cccc4ccc5nc(-c6ccccc6)oc5c34)ccc21. The van der Waals surface area contributed by atoms with Crippen molar-refractivity contribution in [3.8, 4) is 22.6 Å². The zero-order valence-electron chi connectivity index (χ0n) is 26.6. The van der Waals surface area contributed by atoms with E-state index < -0.39 is 0 Å². The summed E-state index contributed by atoms with van der Waals surface area (Å²) in [6.45, 7) is 4.67. The lowest BCUT2D eigenvalue weighted by Crippen LogP contribution is -2.15. The molecule has 0 unspecified atom stereocenters. The number of hydrogen-bond acceptors (Lipinski definition) is 4. The van der Waals surface area contributed by atoms with Gasteiger partial charge in [0.25, 0.3) is 0 Å². The van der Waals surface area contributed by atoms with Crippen molar-refractivity contribution >= 4 is 70.4 Å². The molecule has 0 fully saturated rings. The number of thiophene rings is 1. The average Bonchev–Trinajstić information content (AvgIpc) is 3.79. The summed E-state index contributed by atoms with van der Waals surface area (Å²) in [5.41, 5.74) is 11.1. The molecule has 4 heteroatoms. The summed E-state index contributed by atoms with van der Waals surface area (Å²) in [7, 11) is 0. The first-order chi connectivity index (χ1) is 23.5. The molecule has 2 aromatic heterocycles. The number of benzene rings is 7. The lowest BCUT2D eigenvalue weighted by atomic mass is 9.82. The fraction of sp³-hybridized carbons (Fsp3) is 0.0682. The minimum absolute atomic E-state index is 0.0649. The maximum Gasteiger partial charge on any atom is 0.227 e. The molecular formula is C44H30N2OS. The van der Waals surface area contributed by atoms with Crippen LogP contribution in [0.15, 0.2) is 150 Å². The Bertz CT molecular complexity index is 2720. The summed E-state index contributed by atoms with van der Waals surface area (Å²) in [5.74, 6) is 0.627. The second kappa shape index (κ2) is 10.1. The van der Waals surface area contributed by atoms with Gasteiger partial charge in [0.15, 0.2) is 5.58 Å². The molecule has 0 spiro atoms. The van der Waals surface area contributed by atoms with Crippen LogP contribution in [0.25, 0.3) is 64.6 Å². The first kappa shape index (κ1) is 27.4. The van der Waals surface area contributed by atoms with Crippen LogP contribution >= 0.6 is 11.3 Å². The van der Waals surface area contributed by atoms with Gasteiger partial charge in [0.2, 0.25) is 5.89 Å². The van der Waals surface area contributed by atoms with Crippen molar-refractivity contribution in [2.24, 2.45) is 0 Å². The summed E-state index contributed by atoms with van der Waals surface area (Å²) >= 11 is 1.85. The van der Waals surface area contributed by atoms with E-state index in [2.05, 4.69) is 134 Å². The Morgan fingerprint density at radius 1 is 0.604 bits per heavy atom. The molecule has 0 N–H and O–H groups in total. The zero-order valence-corrected chi connectivity index (χ0v) is 27.4. The Morgan fingerprint density at radius 2 is 1.35 bits per heavy atom. The maximum absolute atomic E-state index is 6.65. The Hall–Kier alpha value is -5.71.